The molecule has 0 saturated carbocycles. The van der Waals surface area contributed by atoms with E-state index in [4.69, 9.17) is 17.3 Å². The van der Waals surface area contributed by atoms with Crippen LogP contribution in [0.3, 0.4) is 0 Å². The molecule has 1 nitrogen and oxygen atoms in total. The van der Waals surface area contributed by atoms with E-state index in [-0.39, 0.29) is 6.04 Å². The first kappa shape index (κ1) is 10.7. The van der Waals surface area contributed by atoms with Gasteiger partial charge in [-0.3, -0.25) is 0 Å². The van der Waals surface area contributed by atoms with Crippen molar-refractivity contribution in [2.45, 2.75) is 13.0 Å². The van der Waals surface area contributed by atoms with Gasteiger partial charge in [0.2, 0.25) is 0 Å². The third-order valence-electron chi connectivity index (χ3n) is 2.20. The monoisotopic (exact) mass is 237 g/mol. The Balaban J connectivity index is 2.33. The van der Waals surface area contributed by atoms with Gasteiger partial charge < -0.3 is 5.73 Å². The molecule has 1 unspecified atom stereocenters. The highest BCUT2D eigenvalue weighted by Gasteiger charge is 2.05. The number of benzene rings is 1. The highest BCUT2D eigenvalue weighted by molar-refractivity contribution is 7.15. The van der Waals surface area contributed by atoms with Crippen molar-refractivity contribution >= 4 is 22.9 Å². The molecule has 0 bridgehead atoms. The summed E-state index contributed by atoms with van der Waals surface area (Å²) in [6.07, 6.45) is 0. The number of halogens is 1. The lowest BCUT2D eigenvalue weighted by Gasteiger charge is -1.99. The van der Waals surface area contributed by atoms with E-state index >= 15 is 0 Å². The van der Waals surface area contributed by atoms with Crippen molar-refractivity contribution in [2.75, 3.05) is 0 Å². The van der Waals surface area contributed by atoms with Gasteiger partial charge in [0.1, 0.15) is 0 Å². The minimum atomic E-state index is 0.107. The minimum absolute atomic E-state index is 0.107. The molecule has 0 amide bonds. The van der Waals surface area contributed by atoms with E-state index in [9.17, 15) is 0 Å². The molecule has 1 heterocycles. The molecule has 1 atom stereocenters. The van der Waals surface area contributed by atoms with Crippen molar-refractivity contribution in [1.82, 2.24) is 0 Å². The summed E-state index contributed by atoms with van der Waals surface area (Å²) in [4.78, 5) is 2.44. The number of hydrogen-bond acceptors (Lipinski definition) is 2. The molecule has 2 N–H and O–H groups in total. The minimum Gasteiger partial charge on any atom is -0.324 e. The predicted molar refractivity (Wildman–Crippen MR) is 67.4 cm³/mol. The summed E-state index contributed by atoms with van der Waals surface area (Å²) >= 11 is 7.57. The Morgan fingerprint density at radius 1 is 1.13 bits per heavy atom. The maximum atomic E-state index is 5.84. The van der Waals surface area contributed by atoms with Crippen molar-refractivity contribution in [2.24, 2.45) is 5.73 Å². The van der Waals surface area contributed by atoms with Gasteiger partial charge >= 0.3 is 0 Å². The Morgan fingerprint density at radius 3 is 2.33 bits per heavy atom. The van der Waals surface area contributed by atoms with Crippen molar-refractivity contribution in [1.29, 1.82) is 0 Å². The Hall–Kier alpha value is -0.830. The number of nitrogens with two attached hydrogens (primary N) is 1. The molecule has 78 valence electrons. The van der Waals surface area contributed by atoms with Crippen molar-refractivity contribution in [3.8, 4) is 10.4 Å². The van der Waals surface area contributed by atoms with E-state index in [1.807, 2.05) is 31.2 Å². The summed E-state index contributed by atoms with van der Waals surface area (Å²) in [5.74, 6) is 0. The lowest BCUT2D eigenvalue weighted by Crippen LogP contribution is -2.01. The summed E-state index contributed by atoms with van der Waals surface area (Å²) in [6.45, 7) is 2.00. The quantitative estimate of drug-likeness (QED) is 0.837. The van der Waals surface area contributed by atoms with Crippen LogP contribution in [0.5, 0.6) is 0 Å². The topological polar surface area (TPSA) is 26.0 Å². The van der Waals surface area contributed by atoms with Gasteiger partial charge in [0.25, 0.3) is 0 Å². The molecule has 0 saturated heterocycles. The molecular weight excluding hydrogens is 226 g/mol. The van der Waals surface area contributed by atoms with Crippen LogP contribution in [0.4, 0.5) is 0 Å². The first-order chi connectivity index (χ1) is 7.16. The molecule has 2 rings (SSSR count). The summed E-state index contributed by atoms with van der Waals surface area (Å²) in [6, 6.07) is 12.2. The van der Waals surface area contributed by atoms with Crippen molar-refractivity contribution < 1.29 is 0 Å². The van der Waals surface area contributed by atoms with E-state index in [1.54, 1.807) is 11.3 Å². The van der Waals surface area contributed by atoms with E-state index < -0.39 is 0 Å². The average Bonchev–Trinajstić information content (AvgIpc) is 2.68. The largest absolute Gasteiger partial charge is 0.324 e. The normalized spacial score (nSPS) is 12.7. The molecule has 0 aliphatic carbocycles. The summed E-state index contributed by atoms with van der Waals surface area (Å²) in [5.41, 5.74) is 7.01. The molecule has 1 aromatic heterocycles. The molecule has 0 aliphatic heterocycles. The second-order valence-electron chi connectivity index (χ2n) is 3.50. The third kappa shape index (κ3) is 2.40. The highest BCUT2D eigenvalue weighted by Crippen LogP contribution is 2.31. The van der Waals surface area contributed by atoms with Crippen LogP contribution in [0.1, 0.15) is 17.8 Å². The SMILES string of the molecule is CC(N)c1ccc(-c2ccc(Cl)cc2)s1. The first-order valence-electron chi connectivity index (χ1n) is 4.78. The van der Waals surface area contributed by atoms with Gasteiger partial charge in [-0.1, -0.05) is 23.7 Å². The van der Waals surface area contributed by atoms with Gasteiger partial charge in [-0.2, -0.15) is 0 Å². The smallest absolute Gasteiger partial charge is 0.0406 e. The van der Waals surface area contributed by atoms with Crippen LogP contribution in [0, 0.1) is 0 Å². The zero-order valence-corrected chi connectivity index (χ0v) is 9.98. The van der Waals surface area contributed by atoms with Crippen molar-refractivity contribution in [3.63, 3.8) is 0 Å². The fourth-order valence-corrected chi connectivity index (χ4v) is 2.46. The van der Waals surface area contributed by atoms with Gasteiger partial charge in [-0.15, -0.1) is 11.3 Å². The Kier molecular flexibility index (Phi) is 3.10. The molecule has 1 aromatic carbocycles. The van der Waals surface area contributed by atoms with Gasteiger partial charge in [-0.05, 0) is 36.8 Å². The standard InChI is InChI=1S/C12H12ClNS/c1-8(14)11-6-7-12(15-11)9-2-4-10(13)5-3-9/h2-8H,14H2,1H3. The summed E-state index contributed by atoms with van der Waals surface area (Å²) in [5, 5.41) is 0.766. The molecule has 0 radical (unpaired) electrons. The van der Waals surface area contributed by atoms with Crippen LogP contribution < -0.4 is 5.73 Å². The van der Waals surface area contributed by atoms with Crippen molar-refractivity contribution in [3.05, 3.63) is 46.3 Å². The molecule has 15 heavy (non-hydrogen) atoms. The van der Waals surface area contributed by atoms with Gasteiger partial charge in [0, 0.05) is 20.8 Å². The van der Waals surface area contributed by atoms with Gasteiger partial charge in [-0.25, -0.2) is 0 Å². The fraction of sp³-hybridized carbons (Fsp3) is 0.167. The van der Waals surface area contributed by atoms with Crippen LogP contribution >= 0.6 is 22.9 Å². The second-order valence-corrected chi connectivity index (χ2v) is 5.05. The lowest BCUT2D eigenvalue weighted by molar-refractivity contribution is 0.838. The molecule has 3 heteroatoms. The maximum absolute atomic E-state index is 5.84. The molecule has 0 aliphatic rings. The molecule has 2 aromatic rings. The second kappa shape index (κ2) is 4.35. The van der Waals surface area contributed by atoms with Gasteiger partial charge in [0.05, 0.1) is 0 Å². The van der Waals surface area contributed by atoms with E-state index in [0.29, 0.717) is 0 Å². The van der Waals surface area contributed by atoms with Crippen LogP contribution in [0.2, 0.25) is 5.02 Å². The highest BCUT2D eigenvalue weighted by atomic mass is 35.5. The predicted octanol–water partition coefficient (Wildman–Crippen LogP) is 4.09. The fourth-order valence-electron chi connectivity index (χ4n) is 1.37. The van der Waals surface area contributed by atoms with E-state index in [0.717, 1.165) is 5.02 Å². The maximum Gasteiger partial charge on any atom is 0.0406 e. The van der Waals surface area contributed by atoms with Crippen LogP contribution in [-0.2, 0) is 0 Å². The molecule has 0 spiro atoms. The summed E-state index contributed by atoms with van der Waals surface area (Å²) < 4.78 is 0. The number of thiophene rings is 1. The molecular formula is C12H12ClNS. The van der Waals surface area contributed by atoms with Crippen LogP contribution in [0.25, 0.3) is 10.4 Å². The zero-order chi connectivity index (χ0) is 10.8. The lowest BCUT2D eigenvalue weighted by atomic mass is 10.2. The zero-order valence-electron chi connectivity index (χ0n) is 8.41. The van der Waals surface area contributed by atoms with Crippen LogP contribution in [-0.4, -0.2) is 0 Å². The Labute approximate surface area is 98.5 Å². The van der Waals surface area contributed by atoms with E-state index in [2.05, 4.69) is 12.1 Å². The van der Waals surface area contributed by atoms with Gasteiger partial charge in [0.15, 0.2) is 0 Å². The van der Waals surface area contributed by atoms with Crippen LogP contribution in [0.15, 0.2) is 36.4 Å². The number of rotatable bonds is 2. The first-order valence-corrected chi connectivity index (χ1v) is 5.97. The number of hydrogen-bond donors (Lipinski definition) is 1. The average molecular weight is 238 g/mol. The Morgan fingerprint density at radius 2 is 1.80 bits per heavy atom. The van der Waals surface area contributed by atoms with E-state index in [1.165, 1.54) is 15.3 Å². The third-order valence-corrected chi connectivity index (χ3v) is 3.79. The summed E-state index contributed by atoms with van der Waals surface area (Å²) in [7, 11) is 0. The molecule has 0 fully saturated rings. The Bertz CT molecular complexity index is 445.